The summed E-state index contributed by atoms with van der Waals surface area (Å²) in [6.07, 6.45) is 0.546. The largest absolute Gasteiger partial charge is 0.489 e. The predicted molar refractivity (Wildman–Crippen MR) is 138 cm³/mol. The molecule has 2 heterocycles. The highest BCUT2D eigenvalue weighted by Crippen LogP contribution is 2.25. The second-order valence-electron chi connectivity index (χ2n) is 10.3. The first-order valence-corrected chi connectivity index (χ1v) is 12.2. The summed E-state index contributed by atoms with van der Waals surface area (Å²) >= 11 is 0. The van der Waals surface area contributed by atoms with Crippen LogP contribution in [0.1, 0.15) is 48.8 Å². The number of hydroxylamine groups is 1. The van der Waals surface area contributed by atoms with E-state index in [4.69, 9.17) is 4.74 Å². The van der Waals surface area contributed by atoms with Crippen LogP contribution >= 0.6 is 0 Å². The van der Waals surface area contributed by atoms with Gasteiger partial charge in [0.05, 0.1) is 17.5 Å². The monoisotopic (exact) mass is 490 g/mol. The maximum Gasteiger partial charge on any atom is 0.251 e. The van der Waals surface area contributed by atoms with Crippen LogP contribution in [-0.2, 0) is 11.4 Å². The van der Waals surface area contributed by atoms with Gasteiger partial charge in [-0.25, -0.2) is 5.48 Å². The summed E-state index contributed by atoms with van der Waals surface area (Å²) < 4.78 is 6.01. The highest BCUT2D eigenvalue weighted by Gasteiger charge is 2.38. The van der Waals surface area contributed by atoms with Crippen LogP contribution < -0.4 is 15.5 Å². The number of amides is 2. The molecule has 2 amide bonds. The molecule has 36 heavy (non-hydrogen) atoms. The number of hydrogen-bond donors (Lipinski definition) is 3. The van der Waals surface area contributed by atoms with E-state index in [1.165, 1.54) is 0 Å². The second-order valence-corrected chi connectivity index (χ2v) is 10.3. The van der Waals surface area contributed by atoms with Crippen molar-refractivity contribution in [3.8, 4) is 5.75 Å². The zero-order chi connectivity index (χ0) is 25.9. The molecule has 8 nitrogen and oxygen atoms in total. The van der Waals surface area contributed by atoms with Crippen molar-refractivity contribution in [2.24, 2.45) is 5.92 Å². The van der Waals surface area contributed by atoms with Gasteiger partial charge in [0, 0.05) is 34.3 Å². The van der Waals surface area contributed by atoms with Gasteiger partial charge in [-0.1, -0.05) is 18.2 Å². The summed E-state index contributed by atoms with van der Waals surface area (Å²) in [5.74, 6) is -0.594. The predicted octanol–water partition coefficient (Wildman–Crippen LogP) is 3.85. The van der Waals surface area contributed by atoms with Crippen LogP contribution in [0.5, 0.6) is 5.75 Å². The smallest absolute Gasteiger partial charge is 0.251 e. The molecule has 3 aromatic rings. The molecule has 1 aliphatic heterocycles. The van der Waals surface area contributed by atoms with Crippen LogP contribution in [0.4, 0.5) is 0 Å². The molecule has 1 aromatic heterocycles. The molecule has 2 atom stereocenters. The lowest BCUT2D eigenvalue weighted by atomic mass is 9.88. The van der Waals surface area contributed by atoms with Gasteiger partial charge < -0.3 is 10.1 Å². The zero-order valence-corrected chi connectivity index (χ0v) is 21.2. The molecule has 190 valence electrons. The van der Waals surface area contributed by atoms with E-state index in [0.29, 0.717) is 37.4 Å². The lowest BCUT2D eigenvalue weighted by Crippen LogP contribution is -2.59. The molecule has 0 unspecified atom stereocenters. The molecule has 0 saturated carbocycles. The van der Waals surface area contributed by atoms with Crippen LogP contribution in [0, 0.1) is 12.8 Å². The van der Waals surface area contributed by atoms with Gasteiger partial charge in [0.15, 0.2) is 0 Å². The number of fused-ring (bicyclic) bond motifs is 1. The third-order valence-electron chi connectivity index (χ3n) is 6.77. The van der Waals surface area contributed by atoms with Gasteiger partial charge in [0.25, 0.3) is 5.91 Å². The molecule has 0 bridgehead atoms. The number of likely N-dealkylation sites (tertiary alicyclic amines) is 1. The van der Waals surface area contributed by atoms with Crippen LogP contribution in [0.3, 0.4) is 0 Å². The Morgan fingerprint density at radius 2 is 1.86 bits per heavy atom. The number of rotatable bonds is 6. The van der Waals surface area contributed by atoms with Gasteiger partial charge in [-0.05, 0) is 77.1 Å². The Morgan fingerprint density at radius 3 is 2.56 bits per heavy atom. The molecule has 0 spiro atoms. The molecule has 3 N–H and O–H groups in total. The summed E-state index contributed by atoms with van der Waals surface area (Å²) in [6.45, 7) is 9.90. The maximum atomic E-state index is 13.0. The summed E-state index contributed by atoms with van der Waals surface area (Å²) in [7, 11) is 0. The molecule has 4 rings (SSSR count). The minimum atomic E-state index is -0.501. The number of benzene rings is 2. The molecular weight excluding hydrogens is 456 g/mol. The topological polar surface area (TPSA) is 104 Å². The SMILES string of the molecule is Cc1cc(COc2ccc(C(=O)N[C@@H]3CN(C(C)(C)C)CC[C@@H]3C(=O)NO)cc2)c2ccccc2n1. The average Bonchev–Trinajstić information content (AvgIpc) is 2.86. The normalized spacial score (nSPS) is 18.6. The van der Waals surface area contributed by atoms with E-state index in [2.05, 4.69) is 36.0 Å². The highest BCUT2D eigenvalue weighted by molar-refractivity contribution is 5.95. The van der Waals surface area contributed by atoms with Crippen LogP contribution in [-0.4, -0.2) is 51.6 Å². The standard InChI is InChI=1S/C28H34N4O4/c1-18-15-20(22-7-5-6-8-24(22)29-18)17-36-21-11-9-19(10-12-21)26(33)30-25-16-32(28(2,3)4)14-13-23(25)27(34)31-35/h5-12,15,23,25,35H,13-14,16-17H2,1-4H3,(H,30,33)(H,31,34)/t23-,25+/m0/s1. The Kier molecular flexibility index (Phi) is 7.56. The number of pyridine rings is 1. The summed E-state index contributed by atoms with van der Waals surface area (Å²) in [5.41, 5.74) is 5.05. The number of carbonyl (C=O) groups excluding carboxylic acids is 2. The minimum absolute atomic E-state index is 0.0959. The molecule has 0 radical (unpaired) electrons. The van der Waals surface area contributed by atoms with Gasteiger partial charge in [0.1, 0.15) is 12.4 Å². The Labute approximate surface area is 211 Å². The molecule has 1 fully saturated rings. The summed E-state index contributed by atoms with van der Waals surface area (Å²) in [4.78, 5) is 32.1. The van der Waals surface area contributed by atoms with Crippen molar-refractivity contribution in [1.82, 2.24) is 20.7 Å². The van der Waals surface area contributed by atoms with Crippen LogP contribution in [0.25, 0.3) is 10.9 Å². The van der Waals surface area contributed by atoms with Crippen molar-refractivity contribution in [1.29, 1.82) is 0 Å². The van der Waals surface area contributed by atoms with Gasteiger partial charge in [-0.2, -0.15) is 0 Å². The Morgan fingerprint density at radius 1 is 1.14 bits per heavy atom. The quantitative estimate of drug-likeness (QED) is 0.358. The zero-order valence-electron chi connectivity index (χ0n) is 21.2. The molecule has 1 aliphatic rings. The molecule has 0 aliphatic carbocycles. The third kappa shape index (κ3) is 5.83. The van der Waals surface area contributed by atoms with Crippen LogP contribution in [0.15, 0.2) is 54.6 Å². The maximum absolute atomic E-state index is 13.0. The van der Waals surface area contributed by atoms with E-state index in [1.807, 2.05) is 37.3 Å². The lowest BCUT2D eigenvalue weighted by Gasteiger charge is -2.44. The van der Waals surface area contributed by atoms with Crippen molar-refractivity contribution in [2.75, 3.05) is 13.1 Å². The lowest BCUT2D eigenvalue weighted by molar-refractivity contribution is -0.136. The van der Waals surface area contributed by atoms with Crippen molar-refractivity contribution in [3.05, 3.63) is 71.4 Å². The van der Waals surface area contributed by atoms with Gasteiger partial charge >= 0.3 is 0 Å². The fraction of sp³-hybridized carbons (Fsp3) is 0.393. The van der Waals surface area contributed by atoms with Gasteiger partial charge in [-0.15, -0.1) is 0 Å². The first kappa shape index (κ1) is 25.6. The van der Waals surface area contributed by atoms with Crippen molar-refractivity contribution >= 4 is 22.7 Å². The molecule has 1 saturated heterocycles. The number of hydrogen-bond acceptors (Lipinski definition) is 6. The highest BCUT2D eigenvalue weighted by atomic mass is 16.5. The van der Waals surface area contributed by atoms with Crippen molar-refractivity contribution in [2.45, 2.75) is 52.3 Å². The number of aryl methyl sites for hydroxylation is 1. The van der Waals surface area contributed by atoms with E-state index in [1.54, 1.807) is 29.7 Å². The fourth-order valence-electron chi connectivity index (χ4n) is 4.73. The third-order valence-corrected chi connectivity index (χ3v) is 6.77. The number of carbonyl (C=O) groups is 2. The number of piperidine rings is 1. The van der Waals surface area contributed by atoms with E-state index >= 15 is 0 Å². The van der Waals surface area contributed by atoms with Gasteiger partial charge in [-0.3, -0.25) is 24.7 Å². The molecule has 8 heteroatoms. The average molecular weight is 491 g/mol. The minimum Gasteiger partial charge on any atom is -0.489 e. The number of aromatic nitrogens is 1. The van der Waals surface area contributed by atoms with E-state index in [9.17, 15) is 14.8 Å². The van der Waals surface area contributed by atoms with Gasteiger partial charge in [0.2, 0.25) is 5.91 Å². The fourth-order valence-corrected chi connectivity index (χ4v) is 4.73. The summed E-state index contributed by atoms with van der Waals surface area (Å²) in [6, 6.07) is 16.5. The van der Waals surface area contributed by atoms with E-state index < -0.39 is 17.9 Å². The van der Waals surface area contributed by atoms with Crippen LogP contribution in [0.2, 0.25) is 0 Å². The molecular formula is C28H34N4O4. The molecule has 2 aromatic carbocycles. The van der Waals surface area contributed by atoms with E-state index in [-0.39, 0.29) is 11.4 Å². The van der Waals surface area contributed by atoms with Crippen molar-refractivity contribution in [3.63, 3.8) is 0 Å². The number of para-hydroxylation sites is 1. The Hall–Kier alpha value is -3.49. The number of ether oxygens (including phenoxy) is 1. The Bertz CT molecular complexity index is 1240. The van der Waals surface area contributed by atoms with E-state index in [0.717, 1.165) is 22.2 Å². The first-order chi connectivity index (χ1) is 17.2. The Balaban J connectivity index is 1.43. The van der Waals surface area contributed by atoms with Crippen molar-refractivity contribution < 1.29 is 19.5 Å². The summed E-state index contributed by atoms with van der Waals surface area (Å²) in [5, 5.41) is 13.2. The second kappa shape index (κ2) is 10.6. The first-order valence-electron chi connectivity index (χ1n) is 12.2. The number of nitrogens with zero attached hydrogens (tertiary/aromatic N) is 2. The number of nitrogens with one attached hydrogen (secondary N) is 2.